The second-order valence-corrected chi connectivity index (χ2v) is 7.59. The van der Waals surface area contributed by atoms with Gasteiger partial charge in [-0.2, -0.15) is 0 Å². The summed E-state index contributed by atoms with van der Waals surface area (Å²) in [5.41, 5.74) is 0.403. The zero-order valence-corrected chi connectivity index (χ0v) is 15.1. The number of hydrogen-bond donors (Lipinski definition) is 3. The Bertz CT molecular complexity index is 1080. The molecule has 1 heterocycles. The lowest BCUT2D eigenvalue weighted by Crippen LogP contribution is -2.15. The van der Waals surface area contributed by atoms with Crippen molar-refractivity contribution in [2.75, 3.05) is 12.3 Å². The molecule has 0 unspecified atom stereocenters. The van der Waals surface area contributed by atoms with Crippen molar-refractivity contribution in [3.63, 3.8) is 0 Å². The Morgan fingerprint density at radius 2 is 1.96 bits per heavy atom. The summed E-state index contributed by atoms with van der Waals surface area (Å²) in [6.07, 6.45) is 1.30. The van der Waals surface area contributed by atoms with Crippen molar-refractivity contribution in [3.8, 4) is 5.75 Å². The van der Waals surface area contributed by atoms with Crippen LogP contribution in [0.2, 0.25) is 5.02 Å². The smallest absolute Gasteiger partial charge is 0.268 e. The minimum absolute atomic E-state index is 0.0379. The van der Waals surface area contributed by atoms with Gasteiger partial charge in [0.2, 0.25) is 0 Å². The molecule has 138 valence electrons. The van der Waals surface area contributed by atoms with Crippen LogP contribution in [0.25, 0.3) is 10.9 Å². The summed E-state index contributed by atoms with van der Waals surface area (Å²) in [5, 5.41) is 28.2. The molecule has 0 aliphatic rings. The molecule has 0 spiro atoms. The number of nitrogens with zero attached hydrogens (tertiary/aromatic N) is 2. The largest absolute Gasteiger partial charge is 0.496 e. The van der Waals surface area contributed by atoms with Crippen molar-refractivity contribution in [2.45, 2.75) is 11.5 Å². The van der Waals surface area contributed by atoms with Gasteiger partial charge in [-0.05, 0) is 30.3 Å². The van der Waals surface area contributed by atoms with E-state index in [1.165, 1.54) is 25.4 Å². The number of aliphatic hydroxyl groups excluding tert-OH is 1. The van der Waals surface area contributed by atoms with Crippen molar-refractivity contribution < 1.29 is 28.7 Å². The van der Waals surface area contributed by atoms with Gasteiger partial charge in [-0.25, -0.2) is 12.4 Å². The number of anilines is 1. The van der Waals surface area contributed by atoms with E-state index in [0.29, 0.717) is 22.2 Å². The zero-order chi connectivity index (χ0) is 19.1. The third kappa shape index (κ3) is 2.89. The first-order valence-electron chi connectivity index (χ1n) is 7.32. The molecule has 3 N–H and O–H groups in total. The number of aromatic nitrogens is 1. The number of benzene rings is 2. The van der Waals surface area contributed by atoms with Crippen LogP contribution < -0.4 is 9.96 Å². The van der Waals surface area contributed by atoms with E-state index in [2.05, 4.69) is 0 Å². The van der Waals surface area contributed by atoms with Gasteiger partial charge >= 0.3 is 0 Å². The number of fused-ring (bicyclic) bond motifs is 1. The average molecular weight is 399 g/mol. The SMILES string of the molecule is COc1cccc2c1c(CO)cn2S(=O)(=O)c1ccc(Cl)c(N(O)O)c1. The van der Waals surface area contributed by atoms with E-state index in [9.17, 15) is 23.9 Å². The molecular formula is C16H15ClN2O6S. The van der Waals surface area contributed by atoms with Crippen molar-refractivity contribution in [2.24, 2.45) is 0 Å². The first-order chi connectivity index (χ1) is 12.3. The predicted octanol–water partition coefficient (Wildman–Crippen LogP) is 2.62. The second-order valence-electron chi connectivity index (χ2n) is 5.37. The molecular weight excluding hydrogens is 384 g/mol. The third-order valence-electron chi connectivity index (χ3n) is 3.92. The molecule has 8 nitrogen and oxygen atoms in total. The minimum atomic E-state index is -4.11. The number of hydrogen-bond acceptors (Lipinski definition) is 7. The lowest BCUT2D eigenvalue weighted by molar-refractivity contribution is 0.0291. The van der Waals surface area contributed by atoms with Gasteiger partial charge in [0.15, 0.2) is 0 Å². The van der Waals surface area contributed by atoms with E-state index in [1.54, 1.807) is 18.2 Å². The number of aliphatic hydroxyl groups is 1. The first-order valence-corrected chi connectivity index (χ1v) is 9.14. The summed E-state index contributed by atoms with van der Waals surface area (Å²) in [6.45, 7) is -0.383. The van der Waals surface area contributed by atoms with Gasteiger partial charge in [-0.15, -0.1) is 5.23 Å². The molecule has 0 bridgehead atoms. The van der Waals surface area contributed by atoms with Crippen LogP contribution >= 0.6 is 11.6 Å². The van der Waals surface area contributed by atoms with Gasteiger partial charge in [0.25, 0.3) is 10.0 Å². The number of ether oxygens (including phenoxy) is 1. The number of halogens is 1. The van der Waals surface area contributed by atoms with E-state index in [1.807, 2.05) is 0 Å². The van der Waals surface area contributed by atoms with Crippen LogP contribution in [0.5, 0.6) is 5.75 Å². The molecule has 3 rings (SSSR count). The summed E-state index contributed by atoms with van der Waals surface area (Å²) in [4.78, 5) is -0.214. The molecule has 0 atom stereocenters. The Labute approximate surface area is 154 Å². The molecule has 0 saturated heterocycles. The molecule has 0 saturated carbocycles. The quantitative estimate of drug-likeness (QED) is 0.566. The second kappa shape index (κ2) is 6.78. The number of rotatable bonds is 5. The van der Waals surface area contributed by atoms with E-state index >= 15 is 0 Å². The van der Waals surface area contributed by atoms with Crippen LogP contribution in [0.15, 0.2) is 47.5 Å². The summed E-state index contributed by atoms with van der Waals surface area (Å²) in [6, 6.07) is 8.38. The molecule has 26 heavy (non-hydrogen) atoms. The van der Waals surface area contributed by atoms with Gasteiger partial charge in [-0.3, -0.25) is 10.4 Å². The van der Waals surface area contributed by atoms with Gasteiger partial charge in [0, 0.05) is 17.1 Å². The Morgan fingerprint density at radius 3 is 2.58 bits per heavy atom. The molecule has 0 aliphatic carbocycles. The minimum Gasteiger partial charge on any atom is -0.496 e. The molecule has 0 radical (unpaired) electrons. The van der Waals surface area contributed by atoms with Crippen LogP contribution in [-0.2, 0) is 16.6 Å². The summed E-state index contributed by atoms with van der Waals surface area (Å²) in [5.74, 6) is 0.425. The van der Waals surface area contributed by atoms with Gasteiger partial charge in [0.1, 0.15) is 11.4 Å². The molecule has 0 aliphatic heterocycles. The van der Waals surface area contributed by atoms with E-state index in [0.717, 1.165) is 10.0 Å². The topological polar surface area (TPSA) is 112 Å². The maximum absolute atomic E-state index is 13.1. The van der Waals surface area contributed by atoms with Crippen molar-refractivity contribution in [1.29, 1.82) is 0 Å². The molecule has 3 aromatic rings. The Hall–Kier alpha value is -2.30. The fourth-order valence-corrected chi connectivity index (χ4v) is 4.31. The summed E-state index contributed by atoms with van der Waals surface area (Å²) < 4.78 is 32.4. The van der Waals surface area contributed by atoms with Crippen LogP contribution in [0.1, 0.15) is 5.56 Å². The highest BCUT2D eigenvalue weighted by Gasteiger charge is 2.24. The van der Waals surface area contributed by atoms with Crippen molar-refractivity contribution in [1.82, 2.24) is 3.97 Å². The fourth-order valence-electron chi connectivity index (χ4n) is 2.71. The third-order valence-corrected chi connectivity index (χ3v) is 5.91. The van der Waals surface area contributed by atoms with E-state index in [-0.39, 0.29) is 27.4 Å². The maximum atomic E-state index is 13.1. The van der Waals surface area contributed by atoms with Crippen LogP contribution in [-0.4, -0.2) is 35.0 Å². The van der Waals surface area contributed by atoms with E-state index in [4.69, 9.17) is 16.3 Å². The lowest BCUT2D eigenvalue weighted by atomic mass is 10.1. The normalized spacial score (nSPS) is 11.7. The van der Waals surface area contributed by atoms with Gasteiger partial charge in [0.05, 0.1) is 29.2 Å². The lowest BCUT2D eigenvalue weighted by Gasteiger charge is -2.13. The average Bonchev–Trinajstić information content (AvgIpc) is 3.01. The highest BCUT2D eigenvalue weighted by atomic mass is 35.5. The highest BCUT2D eigenvalue weighted by molar-refractivity contribution is 7.90. The van der Waals surface area contributed by atoms with Crippen LogP contribution in [0.4, 0.5) is 5.69 Å². The van der Waals surface area contributed by atoms with E-state index < -0.39 is 10.0 Å². The molecule has 0 amide bonds. The van der Waals surface area contributed by atoms with Crippen LogP contribution in [0, 0.1) is 0 Å². The summed E-state index contributed by atoms with van der Waals surface area (Å²) >= 11 is 5.84. The van der Waals surface area contributed by atoms with Crippen molar-refractivity contribution >= 4 is 38.2 Å². The first kappa shape index (κ1) is 18.5. The van der Waals surface area contributed by atoms with Crippen molar-refractivity contribution in [3.05, 3.63) is 53.2 Å². The highest BCUT2D eigenvalue weighted by Crippen LogP contribution is 2.34. The predicted molar refractivity (Wildman–Crippen MR) is 94.5 cm³/mol. The Balaban J connectivity index is 2.28. The maximum Gasteiger partial charge on any atom is 0.268 e. The fraction of sp³-hybridized carbons (Fsp3) is 0.125. The number of methoxy groups -OCH3 is 1. The van der Waals surface area contributed by atoms with Gasteiger partial charge < -0.3 is 9.84 Å². The Kier molecular flexibility index (Phi) is 4.82. The molecule has 1 aromatic heterocycles. The standard InChI is InChI=1S/C16H15ClN2O6S/c1-25-15-4-2-3-13-16(15)10(9-20)8-18(13)26(23,24)11-5-6-12(17)14(7-11)19(21)22/h2-8,20-22H,9H2,1H3. The summed E-state index contributed by atoms with van der Waals surface area (Å²) in [7, 11) is -2.66. The molecule has 0 fully saturated rings. The molecule has 10 heteroatoms. The monoisotopic (exact) mass is 398 g/mol. The van der Waals surface area contributed by atoms with Crippen LogP contribution in [0.3, 0.4) is 0 Å². The zero-order valence-electron chi connectivity index (χ0n) is 13.5. The molecule has 2 aromatic carbocycles. The van der Waals surface area contributed by atoms with Gasteiger partial charge in [-0.1, -0.05) is 17.7 Å². The Morgan fingerprint density at radius 1 is 1.23 bits per heavy atom.